The van der Waals surface area contributed by atoms with Crippen LogP contribution >= 0.6 is 0 Å². The number of anilines is 1. The van der Waals surface area contributed by atoms with Crippen molar-refractivity contribution in [3.05, 3.63) is 29.8 Å². The minimum atomic E-state index is -4.33. The van der Waals surface area contributed by atoms with Crippen LogP contribution in [-0.2, 0) is 6.18 Å². The van der Waals surface area contributed by atoms with Crippen LogP contribution in [0.1, 0.15) is 12.0 Å². The zero-order chi connectivity index (χ0) is 12.9. The molecule has 0 aliphatic heterocycles. The summed E-state index contributed by atoms with van der Waals surface area (Å²) in [6.07, 6.45) is -4.02. The van der Waals surface area contributed by atoms with E-state index in [4.69, 9.17) is 10.9 Å². The highest BCUT2D eigenvalue weighted by Crippen LogP contribution is 2.29. The van der Waals surface area contributed by atoms with Crippen LogP contribution in [0.5, 0.6) is 0 Å². The van der Waals surface area contributed by atoms with E-state index < -0.39 is 11.7 Å². The van der Waals surface area contributed by atoms with Crippen molar-refractivity contribution < 1.29 is 18.4 Å². The number of halogens is 3. The molecule has 0 atom stereocenters. The Bertz CT molecular complexity index is 387. The number of rotatable bonds is 4. The van der Waals surface area contributed by atoms with Crippen molar-refractivity contribution in [2.75, 3.05) is 11.9 Å². The first-order chi connectivity index (χ1) is 7.93. The first-order valence-electron chi connectivity index (χ1n) is 4.81. The summed E-state index contributed by atoms with van der Waals surface area (Å²) in [6, 6.07) is 4.64. The molecule has 0 saturated carbocycles. The molecule has 0 amide bonds. The Morgan fingerprint density at radius 2 is 1.88 bits per heavy atom. The molecule has 0 radical (unpaired) electrons. The van der Waals surface area contributed by atoms with Crippen molar-refractivity contribution in [1.29, 1.82) is 0 Å². The summed E-state index contributed by atoms with van der Waals surface area (Å²) in [4.78, 5) is 0. The smallest absolute Gasteiger partial charge is 0.409 e. The van der Waals surface area contributed by atoms with Crippen LogP contribution in [0.15, 0.2) is 29.4 Å². The van der Waals surface area contributed by atoms with Gasteiger partial charge in [-0.1, -0.05) is 5.16 Å². The van der Waals surface area contributed by atoms with Crippen molar-refractivity contribution in [2.24, 2.45) is 10.9 Å². The largest absolute Gasteiger partial charge is 0.416 e. The highest BCUT2D eigenvalue weighted by atomic mass is 19.4. The van der Waals surface area contributed by atoms with Crippen LogP contribution in [0.4, 0.5) is 18.9 Å². The van der Waals surface area contributed by atoms with Gasteiger partial charge in [0.2, 0.25) is 0 Å². The molecule has 1 aromatic carbocycles. The zero-order valence-corrected chi connectivity index (χ0v) is 8.83. The number of amidine groups is 1. The summed E-state index contributed by atoms with van der Waals surface area (Å²) in [5, 5.41) is 13.9. The van der Waals surface area contributed by atoms with E-state index in [0.29, 0.717) is 18.7 Å². The lowest BCUT2D eigenvalue weighted by molar-refractivity contribution is -0.137. The van der Waals surface area contributed by atoms with Gasteiger partial charge in [-0.15, -0.1) is 0 Å². The highest BCUT2D eigenvalue weighted by molar-refractivity contribution is 5.80. The molecule has 4 N–H and O–H groups in total. The number of hydrogen-bond acceptors (Lipinski definition) is 3. The molecular weight excluding hydrogens is 235 g/mol. The first-order valence-corrected chi connectivity index (χ1v) is 4.81. The van der Waals surface area contributed by atoms with Crippen LogP contribution in [0.2, 0.25) is 0 Å². The molecule has 94 valence electrons. The molecule has 0 spiro atoms. The van der Waals surface area contributed by atoms with Gasteiger partial charge in [-0.25, -0.2) is 0 Å². The summed E-state index contributed by atoms with van der Waals surface area (Å²) in [5.41, 5.74) is 5.08. The average molecular weight is 247 g/mol. The Hall–Kier alpha value is -1.92. The van der Waals surface area contributed by atoms with Crippen LogP contribution in [0, 0.1) is 0 Å². The van der Waals surface area contributed by atoms with Crippen LogP contribution < -0.4 is 11.1 Å². The highest BCUT2D eigenvalue weighted by Gasteiger charge is 2.29. The van der Waals surface area contributed by atoms with E-state index in [-0.39, 0.29) is 5.84 Å². The second-order valence-corrected chi connectivity index (χ2v) is 3.34. The van der Waals surface area contributed by atoms with Gasteiger partial charge in [0, 0.05) is 18.7 Å². The standard InChI is InChI=1S/C10H12F3N3O/c11-10(12,13)7-1-3-8(4-2-7)15-6-5-9(14)16-17/h1-4,15,17H,5-6H2,(H2,14,16). The maximum Gasteiger partial charge on any atom is 0.416 e. The van der Waals surface area contributed by atoms with Gasteiger partial charge in [0.25, 0.3) is 0 Å². The molecule has 0 fully saturated rings. The lowest BCUT2D eigenvalue weighted by atomic mass is 10.2. The molecule has 7 heteroatoms. The Labute approximate surface area is 95.9 Å². The third-order valence-electron chi connectivity index (χ3n) is 2.05. The Kier molecular flexibility index (Phi) is 4.19. The lowest BCUT2D eigenvalue weighted by Crippen LogP contribution is -2.16. The zero-order valence-electron chi connectivity index (χ0n) is 8.83. The molecule has 0 aliphatic rings. The second kappa shape index (κ2) is 5.42. The van der Waals surface area contributed by atoms with E-state index in [1.165, 1.54) is 12.1 Å². The molecule has 0 aliphatic carbocycles. The Morgan fingerprint density at radius 3 is 2.35 bits per heavy atom. The molecule has 0 aromatic heterocycles. The Balaban J connectivity index is 2.52. The topological polar surface area (TPSA) is 70.6 Å². The van der Waals surface area contributed by atoms with Crippen molar-refractivity contribution in [3.63, 3.8) is 0 Å². The van der Waals surface area contributed by atoms with E-state index in [1.54, 1.807) is 0 Å². The summed E-state index contributed by atoms with van der Waals surface area (Å²) >= 11 is 0. The van der Waals surface area contributed by atoms with E-state index in [9.17, 15) is 13.2 Å². The quantitative estimate of drug-likeness (QED) is 0.331. The van der Waals surface area contributed by atoms with Gasteiger partial charge >= 0.3 is 6.18 Å². The maximum atomic E-state index is 12.2. The fourth-order valence-electron chi connectivity index (χ4n) is 1.16. The number of hydrogen-bond donors (Lipinski definition) is 3. The summed E-state index contributed by atoms with van der Waals surface area (Å²) < 4.78 is 36.7. The molecule has 0 saturated heterocycles. The molecule has 1 rings (SSSR count). The van der Waals surface area contributed by atoms with Gasteiger partial charge in [-0.05, 0) is 24.3 Å². The molecule has 0 unspecified atom stereocenters. The number of nitrogens with one attached hydrogen (secondary N) is 1. The van der Waals surface area contributed by atoms with E-state index in [2.05, 4.69) is 10.5 Å². The molecule has 0 heterocycles. The number of nitrogens with two attached hydrogens (primary N) is 1. The fourth-order valence-corrected chi connectivity index (χ4v) is 1.16. The van der Waals surface area contributed by atoms with Crippen molar-refractivity contribution in [2.45, 2.75) is 12.6 Å². The number of oxime groups is 1. The minimum Gasteiger partial charge on any atom is -0.409 e. The van der Waals surface area contributed by atoms with Crippen LogP contribution in [-0.4, -0.2) is 17.6 Å². The van der Waals surface area contributed by atoms with E-state index in [1.807, 2.05) is 0 Å². The van der Waals surface area contributed by atoms with Crippen molar-refractivity contribution in [1.82, 2.24) is 0 Å². The molecule has 0 bridgehead atoms. The first kappa shape index (κ1) is 13.1. The number of nitrogens with zero attached hydrogens (tertiary/aromatic N) is 1. The van der Waals surface area contributed by atoms with Crippen LogP contribution in [0.3, 0.4) is 0 Å². The second-order valence-electron chi connectivity index (χ2n) is 3.34. The molecule has 4 nitrogen and oxygen atoms in total. The van der Waals surface area contributed by atoms with E-state index in [0.717, 1.165) is 12.1 Å². The molecule has 17 heavy (non-hydrogen) atoms. The normalized spacial score (nSPS) is 12.5. The van der Waals surface area contributed by atoms with Crippen molar-refractivity contribution in [3.8, 4) is 0 Å². The maximum absolute atomic E-state index is 12.2. The number of alkyl halides is 3. The van der Waals surface area contributed by atoms with Gasteiger partial charge in [-0.2, -0.15) is 13.2 Å². The fraction of sp³-hybridized carbons (Fsp3) is 0.300. The van der Waals surface area contributed by atoms with Gasteiger partial charge in [-0.3, -0.25) is 0 Å². The third kappa shape index (κ3) is 4.21. The lowest BCUT2D eigenvalue weighted by Gasteiger charge is -2.09. The predicted molar refractivity (Wildman–Crippen MR) is 58.0 cm³/mol. The summed E-state index contributed by atoms with van der Waals surface area (Å²) in [6.45, 7) is 0.376. The molecule has 1 aromatic rings. The predicted octanol–water partition coefficient (Wildman–Crippen LogP) is 2.25. The number of benzene rings is 1. The Morgan fingerprint density at radius 1 is 1.29 bits per heavy atom. The van der Waals surface area contributed by atoms with Crippen LogP contribution in [0.25, 0.3) is 0 Å². The monoisotopic (exact) mass is 247 g/mol. The average Bonchev–Trinajstić information content (AvgIpc) is 2.28. The van der Waals surface area contributed by atoms with Gasteiger partial charge in [0.05, 0.1) is 5.56 Å². The van der Waals surface area contributed by atoms with Gasteiger partial charge in [0.15, 0.2) is 0 Å². The summed E-state index contributed by atoms with van der Waals surface area (Å²) in [7, 11) is 0. The summed E-state index contributed by atoms with van der Waals surface area (Å²) in [5.74, 6) is 0.0596. The van der Waals surface area contributed by atoms with Gasteiger partial charge < -0.3 is 16.3 Å². The van der Waals surface area contributed by atoms with Crippen molar-refractivity contribution >= 4 is 11.5 Å². The third-order valence-corrected chi connectivity index (χ3v) is 2.05. The van der Waals surface area contributed by atoms with E-state index >= 15 is 0 Å². The van der Waals surface area contributed by atoms with Gasteiger partial charge in [0.1, 0.15) is 5.84 Å². The SMILES string of the molecule is NC(CCNc1ccc(C(F)(F)F)cc1)=NO. The molecular formula is C10H12F3N3O. The minimum absolute atomic E-state index is 0.0596.